The molecule has 0 aromatic carbocycles. The summed E-state index contributed by atoms with van der Waals surface area (Å²) in [4.78, 5) is 2.33. The van der Waals surface area contributed by atoms with Gasteiger partial charge in [0.05, 0.1) is 4.90 Å². The van der Waals surface area contributed by atoms with E-state index in [1.807, 2.05) is 13.8 Å². The zero-order valence-corrected chi connectivity index (χ0v) is 14.6. The normalized spacial score (nSPS) is 13.9. The largest absolute Gasteiger partial charge is 0.310 e. The fourth-order valence-electron chi connectivity index (χ4n) is 2.00. The van der Waals surface area contributed by atoms with E-state index >= 15 is 0 Å². The van der Waals surface area contributed by atoms with Gasteiger partial charge in [-0.15, -0.1) is 11.3 Å². The third-order valence-corrected chi connectivity index (χ3v) is 5.87. The molecule has 0 spiro atoms. The summed E-state index contributed by atoms with van der Waals surface area (Å²) in [5.41, 5.74) is 0. The van der Waals surface area contributed by atoms with Crippen molar-refractivity contribution in [2.45, 2.75) is 71.0 Å². The molecular weight excluding hydrogens is 292 g/mol. The number of rotatable bonds is 8. The highest BCUT2D eigenvalue weighted by molar-refractivity contribution is 7.89. The van der Waals surface area contributed by atoms with Gasteiger partial charge in [-0.1, -0.05) is 27.2 Å². The molecule has 0 amide bonds. The second-order valence-corrected chi connectivity index (χ2v) is 8.50. The van der Waals surface area contributed by atoms with Gasteiger partial charge >= 0.3 is 0 Å². The van der Waals surface area contributed by atoms with Gasteiger partial charge in [-0.2, -0.15) is 0 Å². The lowest BCUT2D eigenvalue weighted by Crippen LogP contribution is -2.32. The maximum absolute atomic E-state index is 12.4. The molecule has 116 valence electrons. The van der Waals surface area contributed by atoms with Crippen LogP contribution in [0.15, 0.2) is 11.0 Å². The first-order valence-electron chi connectivity index (χ1n) is 7.11. The molecule has 1 heterocycles. The van der Waals surface area contributed by atoms with Gasteiger partial charge < -0.3 is 5.32 Å². The summed E-state index contributed by atoms with van der Waals surface area (Å²) in [5.74, 6) is 0. The lowest BCUT2D eigenvalue weighted by atomic mass is 10.2. The molecular formula is C14H26N2O2S2. The first-order chi connectivity index (χ1) is 9.26. The number of nitrogens with one attached hydrogen (secondary N) is 2. The van der Waals surface area contributed by atoms with E-state index in [1.54, 1.807) is 17.4 Å². The summed E-state index contributed by atoms with van der Waals surface area (Å²) in [7, 11) is -3.40. The van der Waals surface area contributed by atoms with Crippen LogP contribution in [0.4, 0.5) is 0 Å². The monoisotopic (exact) mass is 318 g/mol. The minimum Gasteiger partial charge on any atom is -0.310 e. The Balaban J connectivity index is 2.84. The number of sulfonamides is 1. The molecule has 20 heavy (non-hydrogen) atoms. The zero-order valence-electron chi connectivity index (χ0n) is 13.0. The second kappa shape index (κ2) is 7.54. The fourth-order valence-corrected chi connectivity index (χ4v) is 4.87. The van der Waals surface area contributed by atoms with E-state index in [9.17, 15) is 8.42 Å². The third-order valence-electron chi connectivity index (χ3n) is 2.98. The predicted molar refractivity (Wildman–Crippen MR) is 85.7 cm³/mol. The van der Waals surface area contributed by atoms with Crippen molar-refractivity contribution < 1.29 is 8.42 Å². The van der Waals surface area contributed by atoms with Crippen LogP contribution in [0.1, 0.15) is 50.3 Å². The summed E-state index contributed by atoms with van der Waals surface area (Å²) >= 11 is 1.54. The van der Waals surface area contributed by atoms with Crippen molar-refractivity contribution >= 4 is 21.4 Å². The minimum absolute atomic E-state index is 0.0264. The van der Waals surface area contributed by atoms with Crippen LogP contribution in [-0.4, -0.2) is 20.5 Å². The van der Waals surface area contributed by atoms with Crippen molar-refractivity contribution in [1.82, 2.24) is 10.0 Å². The van der Waals surface area contributed by atoms with E-state index in [0.29, 0.717) is 17.5 Å². The van der Waals surface area contributed by atoms with Crippen LogP contribution >= 0.6 is 11.3 Å². The lowest BCUT2D eigenvalue weighted by Gasteiger charge is -2.12. The van der Waals surface area contributed by atoms with E-state index < -0.39 is 10.0 Å². The average molecular weight is 319 g/mol. The number of aryl methyl sites for hydroxylation is 1. The van der Waals surface area contributed by atoms with Crippen LogP contribution < -0.4 is 10.0 Å². The first kappa shape index (κ1) is 17.6. The Hall–Kier alpha value is -0.430. The summed E-state index contributed by atoms with van der Waals surface area (Å²) in [5, 5.41) is 3.31. The van der Waals surface area contributed by atoms with Crippen LogP contribution in [0.2, 0.25) is 0 Å². The Labute approximate surface area is 127 Å². The smallest absolute Gasteiger partial charge is 0.241 e. The summed E-state index contributed by atoms with van der Waals surface area (Å²) in [6, 6.07) is 2.15. The van der Waals surface area contributed by atoms with Gasteiger partial charge in [0, 0.05) is 28.4 Å². The fraction of sp³-hybridized carbons (Fsp3) is 0.714. The van der Waals surface area contributed by atoms with Crippen LogP contribution in [0.5, 0.6) is 0 Å². The van der Waals surface area contributed by atoms with E-state index in [-0.39, 0.29) is 6.04 Å². The molecule has 0 saturated heterocycles. The van der Waals surface area contributed by atoms with Crippen LogP contribution in [0.25, 0.3) is 0 Å². The highest BCUT2D eigenvalue weighted by Gasteiger charge is 2.21. The zero-order chi connectivity index (χ0) is 15.3. The van der Waals surface area contributed by atoms with Crippen molar-refractivity contribution in [2.75, 3.05) is 0 Å². The average Bonchev–Trinajstić information content (AvgIpc) is 2.68. The Morgan fingerprint density at radius 1 is 1.30 bits per heavy atom. The molecule has 1 rings (SSSR count). The minimum atomic E-state index is -3.40. The quantitative estimate of drug-likeness (QED) is 0.774. The molecule has 2 N–H and O–H groups in total. The SMILES string of the molecule is CCCC(C)NS(=O)(=O)c1cc(CNC(C)C)sc1C. The molecule has 0 aliphatic rings. The Morgan fingerprint density at radius 3 is 2.50 bits per heavy atom. The second-order valence-electron chi connectivity index (χ2n) is 5.48. The van der Waals surface area contributed by atoms with Gasteiger partial charge in [0.1, 0.15) is 0 Å². The van der Waals surface area contributed by atoms with Crippen molar-refractivity contribution in [2.24, 2.45) is 0 Å². The summed E-state index contributed by atoms with van der Waals surface area (Å²) < 4.78 is 27.5. The van der Waals surface area contributed by atoms with Gasteiger partial charge in [-0.05, 0) is 26.3 Å². The molecule has 1 atom stereocenters. The van der Waals surface area contributed by atoms with Gasteiger partial charge in [-0.25, -0.2) is 13.1 Å². The summed E-state index contributed by atoms with van der Waals surface area (Å²) in [6.07, 6.45) is 1.82. The van der Waals surface area contributed by atoms with E-state index in [2.05, 4.69) is 30.8 Å². The first-order valence-corrected chi connectivity index (χ1v) is 9.41. The maximum atomic E-state index is 12.4. The topological polar surface area (TPSA) is 58.2 Å². The molecule has 0 fully saturated rings. The molecule has 1 unspecified atom stereocenters. The number of thiophene rings is 1. The van der Waals surface area contributed by atoms with Crippen molar-refractivity contribution in [1.29, 1.82) is 0 Å². The molecule has 4 nitrogen and oxygen atoms in total. The molecule has 0 aliphatic carbocycles. The Bertz CT molecular complexity index is 521. The lowest BCUT2D eigenvalue weighted by molar-refractivity contribution is 0.543. The predicted octanol–water partition coefficient (Wildman–Crippen LogP) is 3.02. The van der Waals surface area contributed by atoms with E-state index in [1.165, 1.54) is 0 Å². The third kappa shape index (κ3) is 5.16. The van der Waals surface area contributed by atoms with Crippen LogP contribution in [0, 0.1) is 6.92 Å². The van der Waals surface area contributed by atoms with Gasteiger partial charge in [0.15, 0.2) is 0 Å². The molecule has 1 aromatic rings. The van der Waals surface area contributed by atoms with Gasteiger partial charge in [0.2, 0.25) is 10.0 Å². The van der Waals surface area contributed by atoms with E-state index in [0.717, 1.165) is 22.6 Å². The highest BCUT2D eigenvalue weighted by atomic mass is 32.2. The highest BCUT2D eigenvalue weighted by Crippen LogP contribution is 2.26. The van der Waals surface area contributed by atoms with Crippen molar-refractivity contribution in [3.8, 4) is 0 Å². The van der Waals surface area contributed by atoms with Crippen LogP contribution in [0.3, 0.4) is 0 Å². The molecule has 0 aliphatic heterocycles. The molecule has 0 saturated carbocycles. The van der Waals surface area contributed by atoms with Crippen LogP contribution in [-0.2, 0) is 16.6 Å². The Kier molecular flexibility index (Phi) is 6.64. The van der Waals surface area contributed by atoms with Gasteiger partial charge in [0.25, 0.3) is 0 Å². The summed E-state index contributed by atoms with van der Waals surface area (Å²) in [6.45, 7) is 10.7. The number of hydrogen-bond donors (Lipinski definition) is 2. The molecule has 1 aromatic heterocycles. The van der Waals surface area contributed by atoms with Crippen molar-refractivity contribution in [3.63, 3.8) is 0 Å². The molecule has 0 radical (unpaired) electrons. The Morgan fingerprint density at radius 2 is 1.95 bits per heavy atom. The maximum Gasteiger partial charge on any atom is 0.241 e. The molecule has 6 heteroatoms. The standard InChI is InChI=1S/C14H26N2O2S2/c1-6-7-11(4)16-20(17,18)14-8-13(19-12(14)5)9-15-10(2)3/h8,10-11,15-16H,6-7,9H2,1-5H3. The van der Waals surface area contributed by atoms with Crippen molar-refractivity contribution in [3.05, 3.63) is 15.8 Å². The van der Waals surface area contributed by atoms with E-state index in [4.69, 9.17) is 0 Å². The molecule has 0 bridgehead atoms. The number of hydrogen-bond acceptors (Lipinski definition) is 4. The van der Waals surface area contributed by atoms with Gasteiger partial charge in [-0.3, -0.25) is 0 Å².